The van der Waals surface area contributed by atoms with Crippen LogP contribution in [0.3, 0.4) is 0 Å². The highest BCUT2D eigenvalue weighted by molar-refractivity contribution is 8.03. The van der Waals surface area contributed by atoms with E-state index in [-0.39, 0.29) is 5.91 Å². The highest BCUT2D eigenvalue weighted by atomic mass is 32.2. The molecule has 2 N–H and O–H groups in total. The van der Waals surface area contributed by atoms with Crippen LogP contribution in [0.1, 0.15) is 20.8 Å². The zero-order valence-electron chi connectivity index (χ0n) is 11.8. The largest absolute Gasteiger partial charge is 0.341 e. The third kappa shape index (κ3) is 6.10. The van der Waals surface area contributed by atoms with Gasteiger partial charge < -0.3 is 5.32 Å². The van der Waals surface area contributed by atoms with Crippen molar-refractivity contribution in [2.24, 2.45) is 5.92 Å². The van der Waals surface area contributed by atoms with Gasteiger partial charge in [0.15, 0.2) is 8.68 Å². The van der Waals surface area contributed by atoms with Crippen molar-refractivity contribution in [2.75, 3.05) is 12.8 Å². The maximum absolute atomic E-state index is 11.7. The van der Waals surface area contributed by atoms with Crippen molar-refractivity contribution < 1.29 is 9.59 Å². The number of hydrogen-bond acceptors (Lipinski definition) is 7. The molecule has 20 heavy (non-hydrogen) atoms. The lowest BCUT2D eigenvalue weighted by Gasteiger charge is -2.08. The summed E-state index contributed by atoms with van der Waals surface area (Å²) in [6.45, 7) is 6.02. The average Bonchev–Trinajstić information content (AvgIpc) is 2.83. The minimum absolute atomic E-state index is 0.346. The summed E-state index contributed by atoms with van der Waals surface area (Å²) in [6.07, 6.45) is 0. The van der Waals surface area contributed by atoms with Crippen molar-refractivity contribution in [3.8, 4) is 0 Å². The van der Waals surface area contributed by atoms with E-state index in [1.807, 2.05) is 0 Å². The van der Waals surface area contributed by atoms with Crippen LogP contribution in [0.4, 0.5) is 4.79 Å². The van der Waals surface area contributed by atoms with Gasteiger partial charge in [-0.2, -0.15) is 0 Å². The highest BCUT2D eigenvalue weighted by Crippen LogP contribution is 2.31. The molecular weight excluding hydrogens is 316 g/mol. The lowest BCUT2D eigenvalue weighted by molar-refractivity contribution is -0.119. The second-order valence-electron chi connectivity index (χ2n) is 4.37. The van der Waals surface area contributed by atoms with E-state index in [2.05, 4.69) is 34.7 Å². The third-order valence-corrected chi connectivity index (χ3v) is 5.71. The fourth-order valence-corrected chi connectivity index (χ4v) is 4.16. The monoisotopic (exact) mass is 334 g/mol. The SMILES string of the molecule is CNC(=O)NC(=O)[C@@H](C)Sc1nnc(SCC(C)C)s1. The molecule has 0 radical (unpaired) electrons. The topological polar surface area (TPSA) is 84.0 Å². The minimum atomic E-state index is -0.507. The van der Waals surface area contributed by atoms with E-state index in [0.29, 0.717) is 5.92 Å². The first-order chi connectivity index (χ1) is 9.42. The summed E-state index contributed by atoms with van der Waals surface area (Å²) in [7, 11) is 1.46. The molecule has 1 heterocycles. The zero-order chi connectivity index (χ0) is 15.1. The average molecular weight is 334 g/mol. The number of nitrogens with zero attached hydrogens (tertiary/aromatic N) is 2. The fraction of sp³-hybridized carbons (Fsp3) is 0.636. The van der Waals surface area contributed by atoms with Gasteiger partial charge in [-0.1, -0.05) is 48.7 Å². The van der Waals surface area contributed by atoms with Gasteiger partial charge in [-0.25, -0.2) is 4.79 Å². The van der Waals surface area contributed by atoms with E-state index in [9.17, 15) is 9.59 Å². The molecule has 0 unspecified atom stereocenters. The number of amides is 3. The van der Waals surface area contributed by atoms with E-state index in [0.717, 1.165) is 14.4 Å². The summed E-state index contributed by atoms with van der Waals surface area (Å²) in [5.41, 5.74) is 0. The van der Waals surface area contributed by atoms with Crippen molar-refractivity contribution in [1.82, 2.24) is 20.8 Å². The molecule has 0 saturated carbocycles. The Hall–Kier alpha value is -0.800. The van der Waals surface area contributed by atoms with Crippen LogP contribution < -0.4 is 10.6 Å². The number of hydrogen-bond donors (Lipinski definition) is 2. The quantitative estimate of drug-likeness (QED) is 0.776. The Labute approximate surface area is 130 Å². The van der Waals surface area contributed by atoms with Crippen molar-refractivity contribution in [3.63, 3.8) is 0 Å². The molecular formula is C11H18N4O2S3. The first kappa shape index (κ1) is 17.3. The van der Waals surface area contributed by atoms with Crippen LogP contribution in [0.5, 0.6) is 0 Å². The molecule has 0 spiro atoms. The third-order valence-electron chi connectivity index (χ3n) is 2.04. The predicted octanol–water partition coefficient (Wildman–Crippen LogP) is 2.22. The van der Waals surface area contributed by atoms with Crippen LogP contribution in [0.2, 0.25) is 0 Å². The van der Waals surface area contributed by atoms with Crippen LogP contribution in [-0.4, -0.2) is 40.2 Å². The summed E-state index contributed by atoms with van der Waals surface area (Å²) < 4.78 is 1.64. The molecule has 1 rings (SSSR count). The van der Waals surface area contributed by atoms with E-state index in [4.69, 9.17) is 0 Å². The molecule has 9 heteroatoms. The van der Waals surface area contributed by atoms with Crippen molar-refractivity contribution in [2.45, 2.75) is 34.7 Å². The number of imide groups is 1. The summed E-state index contributed by atoms with van der Waals surface area (Å²) >= 11 is 4.43. The number of urea groups is 1. The molecule has 0 saturated heterocycles. The number of nitrogens with one attached hydrogen (secondary N) is 2. The molecule has 0 bridgehead atoms. The molecule has 1 aromatic rings. The molecule has 112 valence electrons. The second-order valence-corrected chi connectivity index (χ2v) is 8.20. The molecule has 1 aromatic heterocycles. The van der Waals surface area contributed by atoms with Gasteiger partial charge in [-0.15, -0.1) is 10.2 Å². The fourth-order valence-electron chi connectivity index (χ4n) is 1.02. The number of thioether (sulfide) groups is 2. The van der Waals surface area contributed by atoms with Crippen LogP contribution in [0.25, 0.3) is 0 Å². The summed E-state index contributed by atoms with van der Waals surface area (Å²) in [5, 5.41) is 12.3. The van der Waals surface area contributed by atoms with Gasteiger partial charge in [0.05, 0.1) is 5.25 Å². The molecule has 0 aliphatic carbocycles. The van der Waals surface area contributed by atoms with Crippen molar-refractivity contribution >= 4 is 46.8 Å². The molecule has 1 atom stereocenters. The van der Waals surface area contributed by atoms with Gasteiger partial charge in [-0.3, -0.25) is 10.1 Å². The Balaban J connectivity index is 2.47. The van der Waals surface area contributed by atoms with E-state index < -0.39 is 11.3 Å². The Bertz CT molecular complexity index is 464. The Morgan fingerprint density at radius 1 is 1.25 bits per heavy atom. The van der Waals surface area contributed by atoms with Crippen LogP contribution in [0.15, 0.2) is 8.68 Å². The van der Waals surface area contributed by atoms with Gasteiger partial charge in [0, 0.05) is 12.8 Å². The Kier molecular flexibility index (Phi) is 7.31. The van der Waals surface area contributed by atoms with E-state index >= 15 is 0 Å². The number of aromatic nitrogens is 2. The normalized spacial score (nSPS) is 12.2. The number of rotatable bonds is 6. The second kappa shape index (κ2) is 8.48. The zero-order valence-corrected chi connectivity index (χ0v) is 14.2. The minimum Gasteiger partial charge on any atom is -0.341 e. The van der Waals surface area contributed by atoms with Gasteiger partial charge in [0.25, 0.3) is 0 Å². The van der Waals surface area contributed by atoms with Gasteiger partial charge in [0.2, 0.25) is 5.91 Å². The molecule has 3 amide bonds. The first-order valence-corrected chi connectivity index (χ1v) is 8.76. The standard InChI is InChI=1S/C11H18N4O2S3/c1-6(2)5-18-10-14-15-11(20-10)19-7(3)8(16)13-9(17)12-4/h6-7H,5H2,1-4H3,(H2,12,13,16,17)/t7-/m1/s1. The molecule has 0 aliphatic heterocycles. The van der Waals surface area contributed by atoms with Crippen LogP contribution >= 0.6 is 34.9 Å². The highest BCUT2D eigenvalue weighted by Gasteiger charge is 2.18. The summed E-state index contributed by atoms with van der Waals surface area (Å²) in [6, 6.07) is -0.507. The van der Waals surface area contributed by atoms with Gasteiger partial charge in [-0.05, 0) is 12.8 Å². The number of carbonyl (C=O) groups is 2. The Morgan fingerprint density at radius 2 is 1.90 bits per heavy atom. The van der Waals surface area contributed by atoms with Crippen molar-refractivity contribution in [1.29, 1.82) is 0 Å². The van der Waals surface area contributed by atoms with E-state index in [1.54, 1.807) is 18.7 Å². The maximum atomic E-state index is 11.7. The first-order valence-electron chi connectivity index (χ1n) is 6.08. The Morgan fingerprint density at radius 3 is 2.50 bits per heavy atom. The lowest BCUT2D eigenvalue weighted by atomic mass is 10.3. The van der Waals surface area contributed by atoms with E-state index in [1.165, 1.54) is 30.1 Å². The maximum Gasteiger partial charge on any atom is 0.321 e. The lowest BCUT2D eigenvalue weighted by Crippen LogP contribution is -2.41. The van der Waals surface area contributed by atoms with Crippen LogP contribution in [-0.2, 0) is 4.79 Å². The molecule has 0 aromatic carbocycles. The van der Waals surface area contributed by atoms with Crippen LogP contribution in [0, 0.1) is 5.92 Å². The molecule has 6 nitrogen and oxygen atoms in total. The summed E-state index contributed by atoms with van der Waals surface area (Å²) in [4.78, 5) is 22.7. The number of carbonyl (C=O) groups excluding carboxylic acids is 2. The van der Waals surface area contributed by atoms with Crippen molar-refractivity contribution in [3.05, 3.63) is 0 Å². The predicted molar refractivity (Wildman–Crippen MR) is 83.4 cm³/mol. The molecule has 0 aliphatic rings. The van der Waals surface area contributed by atoms with Gasteiger partial charge in [0.1, 0.15) is 0 Å². The van der Waals surface area contributed by atoms with Gasteiger partial charge >= 0.3 is 6.03 Å². The smallest absolute Gasteiger partial charge is 0.321 e. The summed E-state index contributed by atoms with van der Waals surface area (Å²) in [5.74, 6) is 1.24. The molecule has 0 fully saturated rings.